The van der Waals surface area contributed by atoms with E-state index in [1.807, 2.05) is 24.3 Å². The van der Waals surface area contributed by atoms with E-state index in [4.69, 9.17) is 4.74 Å². The molecule has 2 aromatic rings. The third-order valence-electron chi connectivity index (χ3n) is 4.14. The average molecular weight is 295 g/mol. The van der Waals surface area contributed by atoms with Gasteiger partial charge >= 0.3 is 6.09 Å². The second kappa shape index (κ2) is 5.44. The summed E-state index contributed by atoms with van der Waals surface area (Å²) in [6, 6.07) is 16.6. The first-order chi connectivity index (χ1) is 10.8. The molecular weight excluding hydrogens is 278 g/mol. The van der Waals surface area contributed by atoms with Crippen LogP contribution in [0.5, 0.6) is 0 Å². The number of nitrogens with one attached hydrogen (secondary N) is 3. The van der Waals surface area contributed by atoms with Crippen LogP contribution in [0.15, 0.2) is 48.5 Å². The summed E-state index contributed by atoms with van der Waals surface area (Å²) >= 11 is 0. The largest absolute Gasteiger partial charge is 0.449 e. The summed E-state index contributed by atoms with van der Waals surface area (Å²) in [7, 11) is 0. The molecule has 2 aromatic carbocycles. The summed E-state index contributed by atoms with van der Waals surface area (Å²) < 4.78 is 5.41. The molecular formula is C17H17N3O2. The van der Waals surface area contributed by atoms with Gasteiger partial charge in [0.2, 0.25) is 0 Å². The molecule has 0 bridgehead atoms. The zero-order chi connectivity index (χ0) is 14.9. The Bertz CT molecular complexity index is 667. The average Bonchev–Trinajstić information content (AvgIpc) is 3.33. The highest BCUT2D eigenvalue weighted by molar-refractivity contribution is 5.79. The van der Waals surface area contributed by atoms with Crippen LogP contribution in [0.1, 0.15) is 17.0 Å². The maximum atomic E-state index is 11.8. The van der Waals surface area contributed by atoms with E-state index in [2.05, 4.69) is 40.4 Å². The SMILES string of the molecule is O=C(NCC1NN1)OCC1c2ccccc2-c2ccccc21. The number of carbonyl (C=O) groups is 1. The molecule has 0 unspecified atom stereocenters. The Balaban J connectivity index is 1.50. The van der Waals surface area contributed by atoms with Crippen molar-refractivity contribution < 1.29 is 9.53 Å². The third kappa shape index (κ3) is 2.45. The number of hydrogen-bond acceptors (Lipinski definition) is 4. The zero-order valence-corrected chi connectivity index (χ0v) is 12.0. The molecule has 5 nitrogen and oxygen atoms in total. The Morgan fingerprint density at radius 1 is 1.00 bits per heavy atom. The van der Waals surface area contributed by atoms with Gasteiger partial charge in [-0.3, -0.25) is 0 Å². The van der Waals surface area contributed by atoms with Crippen LogP contribution >= 0.6 is 0 Å². The molecule has 3 N–H and O–H groups in total. The zero-order valence-electron chi connectivity index (χ0n) is 12.0. The molecule has 0 saturated carbocycles. The van der Waals surface area contributed by atoms with Gasteiger partial charge in [0.1, 0.15) is 12.8 Å². The summed E-state index contributed by atoms with van der Waals surface area (Å²) in [4.78, 5) is 11.8. The third-order valence-corrected chi connectivity index (χ3v) is 4.14. The van der Waals surface area contributed by atoms with Gasteiger partial charge in [-0.1, -0.05) is 48.5 Å². The molecule has 0 atom stereocenters. The van der Waals surface area contributed by atoms with Crippen LogP contribution in [-0.2, 0) is 4.74 Å². The fraction of sp³-hybridized carbons (Fsp3) is 0.235. The monoisotopic (exact) mass is 295 g/mol. The lowest BCUT2D eigenvalue weighted by Gasteiger charge is -2.14. The van der Waals surface area contributed by atoms with Crippen molar-refractivity contribution in [2.75, 3.05) is 13.2 Å². The molecule has 1 heterocycles. The molecule has 1 saturated heterocycles. The molecule has 0 radical (unpaired) electrons. The fourth-order valence-electron chi connectivity index (χ4n) is 3.00. The molecule has 2 aliphatic rings. The van der Waals surface area contributed by atoms with Crippen LogP contribution in [-0.4, -0.2) is 25.4 Å². The van der Waals surface area contributed by atoms with Gasteiger partial charge in [-0.2, -0.15) is 0 Å². The van der Waals surface area contributed by atoms with E-state index >= 15 is 0 Å². The summed E-state index contributed by atoms with van der Waals surface area (Å²) in [5, 5.41) is 2.73. The molecule has 1 fully saturated rings. The summed E-state index contributed by atoms with van der Waals surface area (Å²) in [5.41, 5.74) is 10.7. The summed E-state index contributed by atoms with van der Waals surface area (Å²) in [6.45, 7) is 0.877. The standard InChI is InChI=1S/C17H17N3O2/c21-17(18-9-16-19-20-16)22-10-15-13-7-3-1-5-11(13)12-6-2-4-8-14(12)15/h1-8,15-16,19-20H,9-10H2,(H,18,21). The maximum Gasteiger partial charge on any atom is 0.407 e. The van der Waals surface area contributed by atoms with Crippen molar-refractivity contribution in [1.82, 2.24) is 16.2 Å². The van der Waals surface area contributed by atoms with Crippen molar-refractivity contribution in [3.8, 4) is 11.1 Å². The molecule has 4 rings (SSSR count). The Morgan fingerprint density at radius 3 is 2.18 bits per heavy atom. The first-order valence-corrected chi connectivity index (χ1v) is 7.43. The smallest absolute Gasteiger partial charge is 0.407 e. The van der Waals surface area contributed by atoms with Crippen molar-refractivity contribution in [2.45, 2.75) is 12.1 Å². The maximum absolute atomic E-state index is 11.8. The lowest BCUT2D eigenvalue weighted by Crippen LogP contribution is -2.30. The lowest BCUT2D eigenvalue weighted by molar-refractivity contribution is 0.143. The van der Waals surface area contributed by atoms with Crippen LogP contribution in [0.25, 0.3) is 11.1 Å². The number of carbonyl (C=O) groups excluding carboxylic acids is 1. The molecule has 1 amide bonds. The lowest BCUT2D eigenvalue weighted by atomic mass is 9.98. The molecule has 0 spiro atoms. The first-order valence-electron chi connectivity index (χ1n) is 7.43. The molecule has 1 aliphatic heterocycles. The molecule has 1 aliphatic carbocycles. The number of rotatable bonds is 4. The van der Waals surface area contributed by atoms with Crippen molar-refractivity contribution >= 4 is 6.09 Å². The molecule has 22 heavy (non-hydrogen) atoms. The minimum atomic E-state index is -0.377. The first kappa shape index (κ1) is 13.3. The molecule has 112 valence electrons. The van der Waals surface area contributed by atoms with Gasteiger partial charge in [0.25, 0.3) is 0 Å². The van der Waals surface area contributed by atoms with E-state index in [0.717, 1.165) is 0 Å². The van der Waals surface area contributed by atoms with Crippen molar-refractivity contribution in [2.24, 2.45) is 0 Å². The van der Waals surface area contributed by atoms with E-state index in [1.54, 1.807) is 0 Å². The van der Waals surface area contributed by atoms with Crippen molar-refractivity contribution in [3.63, 3.8) is 0 Å². The van der Waals surface area contributed by atoms with Gasteiger partial charge < -0.3 is 10.1 Å². The van der Waals surface area contributed by atoms with Crippen molar-refractivity contribution in [1.29, 1.82) is 0 Å². The van der Waals surface area contributed by atoms with Crippen LogP contribution < -0.4 is 16.2 Å². The number of fused-ring (bicyclic) bond motifs is 3. The Kier molecular flexibility index (Phi) is 3.29. The number of alkyl carbamates (subject to hydrolysis) is 1. The Hall–Kier alpha value is -2.37. The van der Waals surface area contributed by atoms with Crippen LogP contribution in [0.2, 0.25) is 0 Å². The predicted molar refractivity (Wildman–Crippen MR) is 83.1 cm³/mol. The van der Waals surface area contributed by atoms with Crippen LogP contribution in [0.3, 0.4) is 0 Å². The predicted octanol–water partition coefficient (Wildman–Crippen LogP) is 1.96. The summed E-state index contributed by atoms with van der Waals surface area (Å²) in [5.74, 6) is 0.107. The second-order valence-corrected chi connectivity index (χ2v) is 5.55. The van der Waals surface area contributed by atoms with E-state index < -0.39 is 0 Å². The number of hydrazine groups is 1. The fourth-order valence-corrected chi connectivity index (χ4v) is 3.00. The highest BCUT2D eigenvalue weighted by Crippen LogP contribution is 2.44. The van der Waals surface area contributed by atoms with Gasteiger partial charge in [-0.25, -0.2) is 15.6 Å². The minimum Gasteiger partial charge on any atom is -0.449 e. The normalized spacial score (nSPS) is 16.0. The minimum absolute atomic E-state index is 0.107. The summed E-state index contributed by atoms with van der Waals surface area (Å²) in [6.07, 6.45) is -0.210. The topological polar surface area (TPSA) is 82.2 Å². The number of amides is 1. The van der Waals surface area contributed by atoms with E-state index in [1.165, 1.54) is 22.3 Å². The molecule has 5 heteroatoms. The van der Waals surface area contributed by atoms with E-state index in [0.29, 0.717) is 13.2 Å². The van der Waals surface area contributed by atoms with Crippen molar-refractivity contribution in [3.05, 3.63) is 59.7 Å². The number of hydrogen-bond donors (Lipinski definition) is 3. The van der Waals surface area contributed by atoms with Gasteiger partial charge in [0, 0.05) is 5.92 Å². The van der Waals surface area contributed by atoms with Gasteiger partial charge in [-0.05, 0) is 22.3 Å². The highest BCUT2D eigenvalue weighted by atomic mass is 16.5. The second-order valence-electron chi connectivity index (χ2n) is 5.55. The molecule has 0 aromatic heterocycles. The van der Waals surface area contributed by atoms with Gasteiger partial charge in [-0.15, -0.1) is 0 Å². The van der Waals surface area contributed by atoms with E-state index in [9.17, 15) is 4.79 Å². The van der Waals surface area contributed by atoms with Crippen LogP contribution in [0, 0.1) is 0 Å². The van der Waals surface area contributed by atoms with Crippen LogP contribution in [0.4, 0.5) is 4.79 Å². The number of benzene rings is 2. The van der Waals surface area contributed by atoms with Gasteiger partial charge in [0.05, 0.1) is 6.54 Å². The van der Waals surface area contributed by atoms with E-state index in [-0.39, 0.29) is 18.2 Å². The number of ether oxygens (including phenoxy) is 1. The Labute approximate surface area is 128 Å². The highest BCUT2D eigenvalue weighted by Gasteiger charge is 2.29. The quantitative estimate of drug-likeness (QED) is 0.753. The Morgan fingerprint density at radius 2 is 1.59 bits per heavy atom. The van der Waals surface area contributed by atoms with Gasteiger partial charge in [0.15, 0.2) is 0 Å².